The van der Waals surface area contributed by atoms with E-state index in [0.717, 1.165) is 44.6 Å². The van der Waals surface area contributed by atoms with E-state index < -0.39 is 18.0 Å². The fourth-order valence-corrected chi connectivity index (χ4v) is 4.66. The van der Waals surface area contributed by atoms with Crippen molar-refractivity contribution in [1.29, 1.82) is 0 Å². The Kier molecular flexibility index (Phi) is 7.23. The van der Waals surface area contributed by atoms with Crippen molar-refractivity contribution in [2.24, 2.45) is 5.92 Å². The number of aliphatic hydroxyl groups excluding tert-OH is 1. The van der Waals surface area contributed by atoms with Crippen LogP contribution in [0.15, 0.2) is 35.2 Å². The summed E-state index contributed by atoms with van der Waals surface area (Å²) in [5.41, 5.74) is 0.0688. The molecule has 2 fully saturated rings. The highest BCUT2D eigenvalue weighted by Gasteiger charge is 2.27. The third-order valence-corrected chi connectivity index (χ3v) is 6.73. The summed E-state index contributed by atoms with van der Waals surface area (Å²) in [6.07, 6.45) is 4.50. The predicted molar refractivity (Wildman–Crippen MR) is 126 cm³/mol. The number of morpholine rings is 1. The van der Waals surface area contributed by atoms with Crippen LogP contribution in [0.2, 0.25) is 0 Å². The number of aliphatic hydroxyl groups is 1. The fraction of sp³-hybridized carbons (Fsp3) is 0.500. The van der Waals surface area contributed by atoms with Gasteiger partial charge in [0.1, 0.15) is 12.1 Å². The minimum atomic E-state index is -2.85. The van der Waals surface area contributed by atoms with Crippen LogP contribution in [0.1, 0.15) is 54.3 Å². The molecular weight excluding hydrogens is 474 g/mol. The minimum absolute atomic E-state index is 0.0360. The number of carbonyl (C=O) groups is 1. The maximum atomic E-state index is 13.7. The number of amides is 1. The first-order chi connectivity index (χ1) is 17.5. The van der Waals surface area contributed by atoms with E-state index in [4.69, 9.17) is 9.15 Å². The van der Waals surface area contributed by atoms with Gasteiger partial charge in [-0.15, -0.1) is 0 Å². The van der Waals surface area contributed by atoms with Crippen LogP contribution in [0.5, 0.6) is 0 Å². The number of halogens is 2. The third-order valence-electron chi connectivity index (χ3n) is 6.73. The summed E-state index contributed by atoms with van der Waals surface area (Å²) in [5, 5.41) is 15.9. The number of rotatable bonds is 7. The molecule has 5 rings (SSSR count). The van der Waals surface area contributed by atoms with Crippen molar-refractivity contribution in [2.75, 3.05) is 43.1 Å². The Hall–Kier alpha value is -3.38. The second kappa shape index (κ2) is 10.7. The van der Waals surface area contributed by atoms with E-state index in [1.54, 1.807) is 12.3 Å². The van der Waals surface area contributed by atoms with Gasteiger partial charge in [0.15, 0.2) is 11.4 Å². The molecule has 0 spiro atoms. The number of hydrogen-bond donors (Lipinski definition) is 2. The Balaban J connectivity index is 1.30. The van der Waals surface area contributed by atoms with Crippen LogP contribution in [0, 0.1) is 5.92 Å². The molecule has 0 unspecified atom stereocenters. The van der Waals surface area contributed by atoms with Crippen molar-refractivity contribution in [3.8, 4) is 11.5 Å². The number of nitrogens with zero attached hydrogens (tertiary/aromatic N) is 5. The van der Waals surface area contributed by atoms with Crippen molar-refractivity contribution in [1.82, 2.24) is 19.7 Å². The number of hydrogen-bond acceptors (Lipinski definition) is 8. The van der Waals surface area contributed by atoms with Gasteiger partial charge in [0.2, 0.25) is 5.89 Å². The standard InChI is InChI=1S/C24H28F2N6O4/c25-22(26)21-18(12-32(30-21)17-3-1-15(13-33)2-4-17)28-23(34)19-14-36-24(29-19)16-5-6-27-20(11-16)31-7-9-35-10-8-31/h5-6,11-12,14-15,17,22,33H,1-4,7-10,13H2,(H,28,34). The largest absolute Gasteiger partial charge is 0.444 e. The van der Waals surface area contributed by atoms with Gasteiger partial charge in [-0.05, 0) is 43.7 Å². The second-order valence-electron chi connectivity index (χ2n) is 9.06. The molecule has 12 heteroatoms. The molecule has 192 valence electrons. The molecule has 3 aromatic rings. The second-order valence-corrected chi connectivity index (χ2v) is 9.06. The lowest BCUT2D eigenvalue weighted by Gasteiger charge is -2.27. The molecular formula is C24H28F2N6O4. The van der Waals surface area contributed by atoms with Gasteiger partial charge in [0, 0.05) is 37.7 Å². The van der Waals surface area contributed by atoms with E-state index in [1.165, 1.54) is 17.1 Å². The summed E-state index contributed by atoms with van der Waals surface area (Å²) < 4.78 is 39.8. The van der Waals surface area contributed by atoms with Crippen LogP contribution in [-0.2, 0) is 4.74 Å². The zero-order valence-corrected chi connectivity index (χ0v) is 19.6. The normalized spacial score (nSPS) is 20.6. The molecule has 2 aliphatic rings. The number of alkyl halides is 2. The Morgan fingerprint density at radius 3 is 2.72 bits per heavy atom. The lowest BCUT2D eigenvalue weighted by molar-refractivity contribution is 0.102. The number of anilines is 2. The summed E-state index contributed by atoms with van der Waals surface area (Å²) in [5.74, 6) is 0.541. The van der Waals surface area contributed by atoms with E-state index in [2.05, 4.69) is 25.3 Å². The van der Waals surface area contributed by atoms with Crippen LogP contribution >= 0.6 is 0 Å². The van der Waals surface area contributed by atoms with E-state index >= 15 is 0 Å². The van der Waals surface area contributed by atoms with Gasteiger partial charge < -0.3 is 24.5 Å². The smallest absolute Gasteiger partial charge is 0.284 e. The number of nitrogens with one attached hydrogen (secondary N) is 1. The molecule has 1 amide bonds. The minimum Gasteiger partial charge on any atom is -0.444 e. The molecule has 1 aliphatic heterocycles. The third kappa shape index (κ3) is 5.24. The van der Waals surface area contributed by atoms with Crippen LogP contribution in [0.3, 0.4) is 0 Å². The van der Waals surface area contributed by atoms with Gasteiger partial charge in [-0.3, -0.25) is 9.48 Å². The van der Waals surface area contributed by atoms with Crippen LogP contribution in [-0.4, -0.2) is 63.7 Å². The number of oxazole rings is 1. The molecule has 1 saturated heterocycles. The molecule has 4 heterocycles. The zero-order chi connectivity index (χ0) is 25.1. The van der Waals surface area contributed by atoms with Gasteiger partial charge in [-0.25, -0.2) is 18.7 Å². The first kappa shape index (κ1) is 24.3. The highest BCUT2D eigenvalue weighted by molar-refractivity contribution is 6.03. The molecule has 36 heavy (non-hydrogen) atoms. The summed E-state index contributed by atoms with van der Waals surface area (Å²) in [4.78, 5) is 23.6. The molecule has 0 radical (unpaired) electrons. The van der Waals surface area contributed by atoms with Gasteiger partial charge in [0.25, 0.3) is 12.3 Å². The molecule has 2 N–H and O–H groups in total. The van der Waals surface area contributed by atoms with Crippen LogP contribution < -0.4 is 10.2 Å². The van der Waals surface area contributed by atoms with Gasteiger partial charge in [0.05, 0.1) is 24.9 Å². The number of aromatic nitrogens is 4. The highest BCUT2D eigenvalue weighted by atomic mass is 19.3. The summed E-state index contributed by atoms with van der Waals surface area (Å²) in [6.45, 7) is 2.81. The molecule has 0 atom stereocenters. The molecule has 3 aromatic heterocycles. The van der Waals surface area contributed by atoms with Gasteiger partial charge >= 0.3 is 0 Å². The summed E-state index contributed by atoms with van der Waals surface area (Å²) >= 11 is 0. The average Bonchev–Trinajstić information content (AvgIpc) is 3.58. The van der Waals surface area contributed by atoms with Crippen molar-refractivity contribution in [2.45, 2.75) is 38.2 Å². The van der Waals surface area contributed by atoms with Gasteiger partial charge in [-0.2, -0.15) is 5.10 Å². The number of ether oxygens (including phenoxy) is 1. The van der Waals surface area contributed by atoms with E-state index in [-0.39, 0.29) is 35.8 Å². The molecule has 10 nitrogen and oxygen atoms in total. The Labute approximate surface area is 206 Å². The Morgan fingerprint density at radius 2 is 2.00 bits per heavy atom. The molecule has 0 aromatic carbocycles. The lowest BCUT2D eigenvalue weighted by atomic mass is 9.87. The van der Waals surface area contributed by atoms with E-state index in [1.807, 2.05) is 6.07 Å². The SMILES string of the molecule is O=C(Nc1cn(C2CCC(CO)CC2)nc1C(F)F)c1coc(-c2ccnc(N3CCOCC3)c2)n1. The average molecular weight is 503 g/mol. The van der Waals surface area contributed by atoms with Crippen LogP contribution in [0.4, 0.5) is 20.3 Å². The van der Waals surface area contributed by atoms with Crippen LogP contribution in [0.25, 0.3) is 11.5 Å². The van der Waals surface area contributed by atoms with Crippen molar-refractivity contribution in [3.63, 3.8) is 0 Å². The maximum Gasteiger partial charge on any atom is 0.284 e. The number of pyridine rings is 1. The molecule has 1 aliphatic carbocycles. The maximum absolute atomic E-state index is 13.7. The molecule has 0 bridgehead atoms. The van der Waals surface area contributed by atoms with Crippen molar-refractivity contribution < 1.29 is 27.8 Å². The highest BCUT2D eigenvalue weighted by Crippen LogP contribution is 2.34. The summed E-state index contributed by atoms with van der Waals surface area (Å²) in [6, 6.07) is 3.49. The first-order valence-corrected chi connectivity index (χ1v) is 12.1. The predicted octanol–water partition coefficient (Wildman–Crippen LogP) is 3.68. The Morgan fingerprint density at radius 1 is 1.22 bits per heavy atom. The monoisotopic (exact) mass is 502 g/mol. The number of carbonyl (C=O) groups excluding carboxylic acids is 1. The molecule has 1 saturated carbocycles. The van der Waals surface area contributed by atoms with E-state index in [0.29, 0.717) is 18.8 Å². The van der Waals surface area contributed by atoms with Crippen molar-refractivity contribution in [3.05, 3.63) is 42.2 Å². The van der Waals surface area contributed by atoms with Crippen molar-refractivity contribution >= 4 is 17.4 Å². The fourth-order valence-electron chi connectivity index (χ4n) is 4.66. The lowest BCUT2D eigenvalue weighted by Crippen LogP contribution is -2.36. The first-order valence-electron chi connectivity index (χ1n) is 12.1. The Bertz CT molecular complexity index is 1180. The van der Waals surface area contributed by atoms with E-state index in [9.17, 15) is 18.7 Å². The summed E-state index contributed by atoms with van der Waals surface area (Å²) in [7, 11) is 0. The zero-order valence-electron chi connectivity index (χ0n) is 19.6. The van der Waals surface area contributed by atoms with Gasteiger partial charge in [-0.1, -0.05) is 0 Å². The topological polar surface area (TPSA) is 119 Å². The quantitative estimate of drug-likeness (QED) is 0.502.